The summed E-state index contributed by atoms with van der Waals surface area (Å²) in [5, 5.41) is 3.87. The molecule has 44 heavy (non-hydrogen) atoms. The number of pyridine rings is 1. The van der Waals surface area contributed by atoms with E-state index in [1.54, 1.807) is 18.2 Å². The first-order chi connectivity index (χ1) is 21.5. The van der Waals surface area contributed by atoms with Crippen molar-refractivity contribution >= 4 is 28.4 Å². The molecule has 0 atom stereocenters. The van der Waals surface area contributed by atoms with E-state index in [1.807, 2.05) is 68.4 Å². The number of anilines is 1. The highest BCUT2D eigenvalue weighted by atomic mass is 16.5. The van der Waals surface area contributed by atoms with E-state index in [0.717, 1.165) is 60.6 Å². The van der Waals surface area contributed by atoms with Gasteiger partial charge in [0.15, 0.2) is 17.3 Å². The summed E-state index contributed by atoms with van der Waals surface area (Å²) in [7, 11) is 0. The molecule has 0 aliphatic carbocycles. The monoisotopic (exact) mass is 597 g/mol. The van der Waals surface area contributed by atoms with Crippen molar-refractivity contribution in [3.8, 4) is 28.4 Å². The van der Waals surface area contributed by atoms with Crippen LogP contribution in [0.25, 0.3) is 22.0 Å². The van der Waals surface area contributed by atoms with Crippen LogP contribution in [0.1, 0.15) is 37.0 Å². The minimum absolute atomic E-state index is 0.0241. The normalized spacial score (nSPS) is 13.4. The van der Waals surface area contributed by atoms with Gasteiger partial charge in [0, 0.05) is 43.4 Å². The average molecular weight is 598 g/mol. The third-order valence-electron chi connectivity index (χ3n) is 7.37. The molecule has 1 fully saturated rings. The van der Waals surface area contributed by atoms with Crippen molar-refractivity contribution in [2.45, 2.75) is 26.7 Å². The first-order valence-electron chi connectivity index (χ1n) is 15.2. The third kappa shape index (κ3) is 8.12. The molecule has 3 aromatic carbocycles. The molecule has 1 aliphatic heterocycles. The summed E-state index contributed by atoms with van der Waals surface area (Å²) in [6.07, 6.45) is 0.0785. The maximum atomic E-state index is 12.9. The number of aromatic nitrogens is 1. The van der Waals surface area contributed by atoms with Gasteiger partial charge in [-0.1, -0.05) is 30.3 Å². The number of morpholine rings is 1. The molecule has 9 nitrogen and oxygen atoms in total. The van der Waals surface area contributed by atoms with Gasteiger partial charge in [-0.3, -0.25) is 14.5 Å². The lowest BCUT2D eigenvalue weighted by Gasteiger charge is -2.26. The molecule has 0 radical (unpaired) electrons. The average Bonchev–Trinajstić information content (AvgIpc) is 3.05. The Bertz CT molecular complexity index is 1570. The van der Waals surface area contributed by atoms with Crippen LogP contribution in [-0.4, -0.2) is 74.2 Å². The predicted octanol–water partition coefficient (Wildman–Crippen LogP) is 6.01. The Balaban J connectivity index is 1.23. The Morgan fingerprint density at radius 3 is 2.39 bits per heavy atom. The van der Waals surface area contributed by atoms with E-state index >= 15 is 0 Å². The van der Waals surface area contributed by atoms with Gasteiger partial charge in [-0.05, 0) is 67.4 Å². The number of para-hydroxylation sites is 1. The summed E-state index contributed by atoms with van der Waals surface area (Å²) in [6, 6.07) is 22.8. The number of benzene rings is 3. The number of ether oxygens (including phenoxy) is 4. The molecule has 1 aliphatic rings. The molecule has 1 N–H and O–H groups in total. The molecule has 0 bridgehead atoms. The zero-order chi connectivity index (χ0) is 30.7. The van der Waals surface area contributed by atoms with Crippen molar-refractivity contribution in [2.24, 2.45) is 0 Å². The van der Waals surface area contributed by atoms with Crippen LogP contribution in [0.3, 0.4) is 0 Å². The van der Waals surface area contributed by atoms with Gasteiger partial charge in [0.05, 0.1) is 31.9 Å². The van der Waals surface area contributed by atoms with E-state index in [4.69, 9.17) is 18.9 Å². The van der Waals surface area contributed by atoms with Crippen LogP contribution >= 0.6 is 0 Å². The lowest BCUT2D eigenvalue weighted by Crippen LogP contribution is -2.38. The highest BCUT2D eigenvalue weighted by molar-refractivity contribution is 6.02. The molecule has 0 spiro atoms. The highest BCUT2D eigenvalue weighted by Crippen LogP contribution is 2.32. The fourth-order valence-corrected chi connectivity index (χ4v) is 5.13. The van der Waals surface area contributed by atoms with Crippen molar-refractivity contribution in [1.29, 1.82) is 0 Å². The Kier molecular flexibility index (Phi) is 10.8. The third-order valence-corrected chi connectivity index (χ3v) is 7.37. The topological polar surface area (TPSA) is 99.2 Å². The van der Waals surface area contributed by atoms with Crippen LogP contribution in [0, 0.1) is 0 Å². The number of carbonyl (C=O) groups excluding carboxylic acids is 2. The molecular formula is C35H39N3O6. The fourth-order valence-electron chi connectivity index (χ4n) is 5.13. The first-order valence-corrected chi connectivity index (χ1v) is 15.2. The molecule has 2 heterocycles. The lowest BCUT2D eigenvalue weighted by molar-refractivity contribution is -0.116. The Labute approximate surface area is 258 Å². The van der Waals surface area contributed by atoms with Gasteiger partial charge in [-0.2, -0.15) is 0 Å². The lowest BCUT2D eigenvalue weighted by atomic mass is 10.0. The summed E-state index contributed by atoms with van der Waals surface area (Å²) in [5.41, 5.74) is 3.17. The number of carbonyl (C=O) groups is 2. The predicted molar refractivity (Wildman–Crippen MR) is 171 cm³/mol. The summed E-state index contributed by atoms with van der Waals surface area (Å²) in [6.45, 7) is 9.60. The van der Waals surface area contributed by atoms with Gasteiger partial charge in [-0.15, -0.1) is 0 Å². The van der Waals surface area contributed by atoms with Gasteiger partial charge in [-0.25, -0.2) is 4.98 Å². The van der Waals surface area contributed by atoms with Gasteiger partial charge in [0.25, 0.3) is 0 Å². The summed E-state index contributed by atoms with van der Waals surface area (Å²) in [4.78, 5) is 32.8. The van der Waals surface area contributed by atoms with Crippen molar-refractivity contribution in [3.63, 3.8) is 0 Å². The minimum Gasteiger partial charge on any atom is -0.492 e. The largest absolute Gasteiger partial charge is 0.492 e. The second kappa shape index (κ2) is 15.3. The SMILES string of the molecule is CCOc1ccc(C(=O)CCC(=O)Nc2cc(-c3ccc(OCCN4CCOCC4)cc3)c3ccccc3n2)cc1OCC. The maximum Gasteiger partial charge on any atom is 0.225 e. The zero-order valence-corrected chi connectivity index (χ0v) is 25.3. The van der Waals surface area contributed by atoms with E-state index < -0.39 is 0 Å². The van der Waals surface area contributed by atoms with E-state index in [0.29, 0.717) is 42.7 Å². The molecule has 1 aromatic heterocycles. The number of nitrogens with one attached hydrogen (secondary N) is 1. The van der Waals surface area contributed by atoms with Crippen molar-refractivity contribution in [3.05, 3.63) is 78.4 Å². The van der Waals surface area contributed by atoms with Crippen LogP contribution in [0.2, 0.25) is 0 Å². The smallest absolute Gasteiger partial charge is 0.225 e. The molecule has 0 saturated carbocycles. The van der Waals surface area contributed by atoms with E-state index in [2.05, 4.69) is 15.2 Å². The van der Waals surface area contributed by atoms with Crippen molar-refractivity contribution in [2.75, 3.05) is 58.0 Å². The number of hydrogen-bond donors (Lipinski definition) is 1. The maximum absolute atomic E-state index is 12.9. The van der Waals surface area contributed by atoms with E-state index in [1.165, 1.54) is 0 Å². The summed E-state index contributed by atoms with van der Waals surface area (Å²) < 4.78 is 22.6. The van der Waals surface area contributed by atoms with Crippen LogP contribution in [0.15, 0.2) is 72.8 Å². The molecule has 9 heteroatoms. The van der Waals surface area contributed by atoms with Crippen LogP contribution in [0.4, 0.5) is 5.82 Å². The van der Waals surface area contributed by atoms with Crippen molar-refractivity contribution < 1.29 is 28.5 Å². The molecule has 230 valence electrons. The quantitative estimate of drug-likeness (QED) is 0.177. The van der Waals surface area contributed by atoms with Gasteiger partial charge < -0.3 is 24.3 Å². The van der Waals surface area contributed by atoms with Gasteiger partial charge >= 0.3 is 0 Å². The Hall–Kier alpha value is -4.47. The number of amides is 1. The van der Waals surface area contributed by atoms with Crippen molar-refractivity contribution in [1.82, 2.24) is 9.88 Å². The molecule has 4 aromatic rings. The molecule has 1 amide bonds. The number of rotatable bonds is 14. The molecular weight excluding hydrogens is 558 g/mol. The number of hydrogen-bond acceptors (Lipinski definition) is 8. The molecule has 0 unspecified atom stereocenters. The minimum atomic E-state index is -0.285. The van der Waals surface area contributed by atoms with Crippen LogP contribution in [-0.2, 0) is 9.53 Å². The number of nitrogens with zero attached hydrogens (tertiary/aromatic N) is 2. The van der Waals surface area contributed by atoms with Gasteiger partial charge in [0.1, 0.15) is 18.2 Å². The Morgan fingerprint density at radius 1 is 0.864 bits per heavy atom. The Morgan fingerprint density at radius 2 is 1.61 bits per heavy atom. The number of ketones is 1. The zero-order valence-electron chi connectivity index (χ0n) is 25.3. The second-order valence-electron chi connectivity index (χ2n) is 10.4. The first kappa shape index (κ1) is 31.0. The molecule has 1 saturated heterocycles. The van der Waals surface area contributed by atoms with Gasteiger partial charge in [0.2, 0.25) is 5.91 Å². The second-order valence-corrected chi connectivity index (χ2v) is 10.4. The van der Waals surface area contributed by atoms with Crippen LogP contribution < -0.4 is 19.5 Å². The summed E-state index contributed by atoms with van der Waals surface area (Å²) in [5.74, 6) is 1.91. The highest BCUT2D eigenvalue weighted by Gasteiger charge is 2.15. The standard InChI is InChI=1S/C35H39N3O6/c1-3-42-32-15-11-26(23-33(32)43-4-2)31(39)14-16-35(40)37-34-24-29(28-7-5-6-8-30(28)36-34)25-9-12-27(13-10-25)44-22-19-38-17-20-41-21-18-38/h5-13,15,23-24H,3-4,14,16-22H2,1-2H3,(H,36,37,40). The van der Waals surface area contributed by atoms with Crippen LogP contribution in [0.5, 0.6) is 17.2 Å². The fraction of sp³-hybridized carbons (Fsp3) is 0.343. The number of fused-ring (bicyclic) bond motifs is 1. The number of Topliss-reactive ketones (excluding diaryl/α,β-unsaturated/α-hetero) is 1. The van der Waals surface area contributed by atoms with E-state index in [9.17, 15) is 9.59 Å². The van der Waals surface area contributed by atoms with E-state index in [-0.39, 0.29) is 24.5 Å². The summed E-state index contributed by atoms with van der Waals surface area (Å²) >= 11 is 0. The molecule has 5 rings (SSSR count).